The second-order valence-corrected chi connectivity index (χ2v) is 5.17. The van der Waals surface area contributed by atoms with E-state index in [1.54, 1.807) is 0 Å². The smallest absolute Gasteiger partial charge is 0.0148 e. The summed E-state index contributed by atoms with van der Waals surface area (Å²) in [7, 11) is 4.21. The lowest BCUT2D eigenvalue weighted by atomic mass is 9.98. The molecule has 0 N–H and O–H groups in total. The molecule has 0 amide bonds. The van der Waals surface area contributed by atoms with Gasteiger partial charge in [0.15, 0.2) is 0 Å². The molecule has 0 fully saturated rings. The van der Waals surface area contributed by atoms with E-state index in [1.807, 2.05) is 0 Å². The zero-order chi connectivity index (χ0) is 13.4. The van der Waals surface area contributed by atoms with Crippen molar-refractivity contribution in [3.05, 3.63) is 58.2 Å². The number of hydrogen-bond acceptors (Lipinski definition) is 2. The summed E-state index contributed by atoms with van der Waals surface area (Å²) in [6, 6.07) is 0. The maximum Gasteiger partial charge on any atom is 0.0148 e. The molecule has 0 aromatic carbocycles. The lowest BCUT2D eigenvalue weighted by Crippen LogP contribution is -2.19. The quantitative estimate of drug-likeness (QED) is 0.637. The Bertz CT molecular complexity index is 435. The second-order valence-electron chi connectivity index (χ2n) is 5.17. The van der Waals surface area contributed by atoms with Crippen LogP contribution in [-0.4, -0.2) is 23.9 Å². The minimum atomic E-state index is 1.29. The molecule has 96 valence electrons. The largest absolute Gasteiger partial charge is 0.352 e. The molecule has 0 radical (unpaired) electrons. The van der Waals surface area contributed by atoms with Gasteiger partial charge in [0, 0.05) is 36.9 Å². The highest BCUT2D eigenvalue weighted by atomic mass is 15.1. The first-order chi connectivity index (χ1) is 8.40. The maximum atomic E-state index is 2.25. The highest BCUT2D eigenvalue weighted by Crippen LogP contribution is 2.28. The molecule has 0 saturated carbocycles. The number of nitrogens with zero attached hydrogens (tertiary/aromatic N) is 2. The van der Waals surface area contributed by atoms with Crippen LogP contribution in [0.25, 0.3) is 0 Å². The van der Waals surface area contributed by atoms with Crippen LogP contribution in [0, 0.1) is 0 Å². The molecule has 0 unspecified atom stereocenters. The summed E-state index contributed by atoms with van der Waals surface area (Å²) in [6.07, 6.45) is 9.00. The van der Waals surface area contributed by atoms with Crippen molar-refractivity contribution in [2.24, 2.45) is 0 Å². The number of rotatable bonds is 0. The van der Waals surface area contributed by atoms with Crippen LogP contribution in [0.2, 0.25) is 0 Å². The topological polar surface area (TPSA) is 6.48 Å². The average Bonchev–Trinajstić information content (AvgIpc) is 2.31. The second kappa shape index (κ2) is 4.52. The van der Waals surface area contributed by atoms with Gasteiger partial charge in [-0.1, -0.05) is 0 Å². The molecule has 0 spiro atoms. The van der Waals surface area contributed by atoms with Crippen LogP contribution in [0.15, 0.2) is 58.2 Å². The van der Waals surface area contributed by atoms with Gasteiger partial charge in [0.1, 0.15) is 0 Å². The fraction of sp³-hybridized carbons (Fsp3) is 0.375. The van der Waals surface area contributed by atoms with Crippen LogP contribution in [0.3, 0.4) is 0 Å². The predicted molar refractivity (Wildman–Crippen MR) is 77.6 cm³/mol. The Morgan fingerprint density at radius 1 is 0.556 bits per heavy atom. The molecule has 2 rings (SSSR count). The van der Waals surface area contributed by atoms with E-state index in [0.29, 0.717) is 0 Å². The minimum absolute atomic E-state index is 1.29. The molecule has 0 aliphatic carbocycles. The van der Waals surface area contributed by atoms with Crippen molar-refractivity contribution in [2.75, 3.05) is 14.1 Å². The molecule has 2 aliphatic heterocycles. The van der Waals surface area contributed by atoms with E-state index in [2.05, 4.69) is 75.9 Å². The SMILES string of the molecule is CC1=CC(=C2C=C(C)N(C)C(C)=C2)C=C(C)N1C. The standard InChI is InChI=1S/C16H22N2/c1-11-7-15(8-12(2)17(11)5)16-9-13(3)18(6)14(4)10-16/h7-10H,1-6H3. The van der Waals surface area contributed by atoms with Gasteiger partial charge in [-0.3, -0.25) is 0 Å². The van der Waals surface area contributed by atoms with Crippen LogP contribution in [0.1, 0.15) is 27.7 Å². The maximum absolute atomic E-state index is 2.25. The predicted octanol–water partition coefficient (Wildman–Crippen LogP) is 3.79. The van der Waals surface area contributed by atoms with Crippen LogP contribution in [0.4, 0.5) is 0 Å². The third kappa shape index (κ3) is 2.15. The molecule has 2 nitrogen and oxygen atoms in total. The Labute approximate surface area is 110 Å². The van der Waals surface area contributed by atoms with Crippen molar-refractivity contribution in [2.45, 2.75) is 27.7 Å². The van der Waals surface area contributed by atoms with Gasteiger partial charge in [-0.05, 0) is 63.1 Å². The fourth-order valence-corrected chi connectivity index (χ4v) is 2.26. The van der Waals surface area contributed by atoms with E-state index in [-0.39, 0.29) is 0 Å². The molecule has 2 heteroatoms. The van der Waals surface area contributed by atoms with Gasteiger partial charge in [-0.15, -0.1) is 0 Å². The molecule has 0 aromatic rings. The van der Waals surface area contributed by atoms with Gasteiger partial charge in [0.2, 0.25) is 0 Å². The van der Waals surface area contributed by atoms with E-state index in [9.17, 15) is 0 Å². The molecule has 0 bridgehead atoms. The van der Waals surface area contributed by atoms with Crippen molar-refractivity contribution in [1.29, 1.82) is 0 Å². The average molecular weight is 242 g/mol. The van der Waals surface area contributed by atoms with Crippen molar-refractivity contribution in [3.8, 4) is 0 Å². The summed E-state index contributed by atoms with van der Waals surface area (Å²) < 4.78 is 0. The fourth-order valence-electron chi connectivity index (χ4n) is 2.26. The zero-order valence-corrected chi connectivity index (χ0v) is 12.2. The first-order valence-electron chi connectivity index (χ1n) is 6.35. The van der Waals surface area contributed by atoms with Gasteiger partial charge in [-0.2, -0.15) is 0 Å². The van der Waals surface area contributed by atoms with Gasteiger partial charge < -0.3 is 9.80 Å². The minimum Gasteiger partial charge on any atom is -0.352 e. The van der Waals surface area contributed by atoms with Crippen molar-refractivity contribution < 1.29 is 0 Å². The molecule has 18 heavy (non-hydrogen) atoms. The molecule has 2 aliphatic rings. The summed E-state index contributed by atoms with van der Waals surface area (Å²) in [4.78, 5) is 4.43. The van der Waals surface area contributed by atoms with Crippen LogP contribution < -0.4 is 0 Å². The van der Waals surface area contributed by atoms with E-state index >= 15 is 0 Å². The first-order valence-corrected chi connectivity index (χ1v) is 6.35. The molecule has 0 aromatic heterocycles. The van der Waals surface area contributed by atoms with E-state index in [0.717, 1.165) is 0 Å². The van der Waals surface area contributed by atoms with Crippen molar-refractivity contribution in [1.82, 2.24) is 9.80 Å². The molecule has 0 atom stereocenters. The van der Waals surface area contributed by atoms with Crippen LogP contribution in [0.5, 0.6) is 0 Å². The highest BCUT2D eigenvalue weighted by Gasteiger charge is 2.14. The molecule has 2 heterocycles. The molecule has 0 saturated heterocycles. The number of allylic oxidation sites excluding steroid dienone is 10. The lowest BCUT2D eigenvalue weighted by Gasteiger charge is -2.28. The number of hydrogen-bond donors (Lipinski definition) is 0. The monoisotopic (exact) mass is 242 g/mol. The van der Waals surface area contributed by atoms with Crippen molar-refractivity contribution in [3.63, 3.8) is 0 Å². The van der Waals surface area contributed by atoms with E-state index in [4.69, 9.17) is 0 Å². The Kier molecular flexibility index (Phi) is 3.20. The Morgan fingerprint density at radius 2 is 0.778 bits per heavy atom. The highest BCUT2D eigenvalue weighted by molar-refractivity contribution is 5.53. The summed E-state index contributed by atoms with van der Waals surface area (Å²) in [5.74, 6) is 0. The third-order valence-corrected chi connectivity index (χ3v) is 3.91. The van der Waals surface area contributed by atoms with Crippen LogP contribution in [-0.2, 0) is 0 Å². The Hall–Kier alpha value is -1.70. The normalized spacial score (nSPS) is 20.6. The Morgan fingerprint density at radius 3 is 1.00 bits per heavy atom. The lowest BCUT2D eigenvalue weighted by molar-refractivity contribution is 0.511. The summed E-state index contributed by atoms with van der Waals surface area (Å²) in [5.41, 5.74) is 7.74. The van der Waals surface area contributed by atoms with Crippen LogP contribution >= 0.6 is 0 Å². The van der Waals surface area contributed by atoms with Gasteiger partial charge in [0.25, 0.3) is 0 Å². The molecular weight excluding hydrogens is 220 g/mol. The third-order valence-electron chi connectivity index (χ3n) is 3.91. The van der Waals surface area contributed by atoms with E-state index < -0.39 is 0 Å². The van der Waals surface area contributed by atoms with Gasteiger partial charge >= 0.3 is 0 Å². The van der Waals surface area contributed by atoms with Gasteiger partial charge in [0.05, 0.1) is 0 Å². The zero-order valence-electron chi connectivity index (χ0n) is 12.2. The van der Waals surface area contributed by atoms with Gasteiger partial charge in [-0.25, -0.2) is 0 Å². The summed E-state index contributed by atoms with van der Waals surface area (Å²) >= 11 is 0. The van der Waals surface area contributed by atoms with Crippen molar-refractivity contribution >= 4 is 0 Å². The first kappa shape index (κ1) is 12.7. The summed E-state index contributed by atoms with van der Waals surface area (Å²) in [6.45, 7) is 8.61. The Balaban J connectivity index is 2.51. The molecular formula is C16H22N2. The van der Waals surface area contributed by atoms with E-state index in [1.165, 1.54) is 33.9 Å². The summed E-state index contributed by atoms with van der Waals surface area (Å²) in [5, 5.41) is 0.